The summed E-state index contributed by atoms with van der Waals surface area (Å²) in [5, 5.41) is 0. The fraction of sp³-hybridized carbons (Fsp3) is 0.259. The van der Waals surface area contributed by atoms with Crippen molar-refractivity contribution in [2.24, 2.45) is 11.8 Å². The van der Waals surface area contributed by atoms with E-state index in [0.29, 0.717) is 29.7 Å². The van der Waals surface area contributed by atoms with Crippen molar-refractivity contribution in [2.75, 3.05) is 0 Å². The van der Waals surface area contributed by atoms with E-state index in [9.17, 15) is 9.18 Å². The summed E-state index contributed by atoms with van der Waals surface area (Å²) in [6, 6.07) is 18.4. The summed E-state index contributed by atoms with van der Waals surface area (Å²) in [5.41, 5.74) is 4.71. The first kappa shape index (κ1) is 20.0. The zero-order valence-corrected chi connectivity index (χ0v) is 17.1. The molecule has 1 unspecified atom stereocenters. The Hall–Kier alpha value is -3.25. The van der Waals surface area contributed by atoms with Gasteiger partial charge in [0.05, 0.1) is 0 Å². The van der Waals surface area contributed by atoms with Crippen LogP contribution in [-0.2, 0) is 11.2 Å². The topological polar surface area (TPSA) is 30.0 Å². The number of carbonyl (C=O) groups is 1. The quantitative estimate of drug-likeness (QED) is 0.490. The monoisotopic (exact) mass is 397 g/mol. The molecule has 0 N–H and O–H groups in total. The number of hydrogen-bond donors (Lipinski definition) is 0. The van der Waals surface area contributed by atoms with Gasteiger partial charge in [0.15, 0.2) is 0 Å². The van der Waals surface area contributed by atoms with Gasteiger partial charge < -0.3 is 0 Å². The van der Waals surface area contributed by atoms with Crippen molar-refractivity contribution in [3.05, 3.63) is 89.5 Å². The fourth-order valence-electron chi connectivity index (χ4n) is 3.53. The molecule has 2 aromatic carbocycles. The van der Waals surface area contributed by atoms with Crippen LogP contribution in [0.1, 0.15) is 43.0 Å². The van der Waals surface area contributed by atoms with Crippen molar-refractivity contribution in [2.45, 2.75) is 32.6 Å². The molecule has 1 aliphatic rings. The second-order valence-corrected chi connectivity index (χ2v) is 8.14. The summed E-state index contributed by atoms with van der Waals surface area (Å²) in [4.78, 5) is 16.4. The summed E-state index contributed by atoms with van der Waals surface area (Å²) >= 11 is 0. The predicted molar refractivity (Wildman–Crippen MR) is 117 cm³/mol. The van der Waals surface area contributed by atoms with E-state index in [0.717, 1.165) is 36.0 Å². The number of ketones is 1. The lowest BCUT2D eigenvalue weighted by atomic mass is 9.94. The number of halogens is 1. The Morgan fingerprint density at radius 2 is 1.70 bits per heavy atom. The summed E-state index contributed by atoms with van der Waals surface area (Å²) < 4.78 is 13.0. The van der Waals surface area contributed by atoms with Gasteiger partial charge in [-0.15, -0.1) is 0 Å². The van der Waals surface area contributed by atoms with E-state index in [2.05, 4.69) is 35.9 Å². The highest BCUT2D eigenvalue weighted by molar-refractivity contribution is 5.83. The van der Waals surface area contributed by atoms with E-state index < -0.39 is 0 Å². The number of carbonyl (C=O) groups excluding carboxylic acids is 1. The normalized spacial score (nSPS) is 13.9. The molecule has 0 aliphatic heterocycles. The van der Waals surface area contributed by atoms with Crippen LogP contribution in [0.2, 0.25) is 0 Å². The minimum atomic E-state index is -0.249. The van der Waals surface area contributed by atoms with Gasteiger partial charge in [0.1, 0.15) is 17.3 Å². The Morgan fingerprint density at radius 3 is 2.33 bits per heavy atom. The minimum Gasteiger partial charge on any atom is -0.299 e. The van der Waals surface area contributed by atoms with Crippen molar-refractivity contribution in [1.29, 1.82) is 0 Å². The Bertz CT molecular complexity index is 1070. The Balaban J connectivity index is 1.35. The van der Waals surface area contributed by atoms with Gasteiger partial charge in [-0.3, -0.25) is 4.79 Å². The highest BCUT2D eigenvalue weighted by atomic mass is 19.1. The van der Waals surface area contributed by atoms with Gasteiger partial charge in [-0.1, -0.05) is 43.2 Å². The molecule has 30 heavy (non-hydrogen) atoms. The number of hydrogen-bond acceptors (Lipinski definition) is 2. The molecule has 1 saturated carbocycles. The smallest absolute Gasteiger partial charge is 0.136 e. The third kappa shape index (κ3) is 5.42. The molecule has 1 aromatic heterocycles. The van der Waals surface area contributed by atoms with E-state index in [1.54, 1.807) is 18.3 Å². The molecule has 0 amide bonds. The highest BCUT2D eigenvalue weighted by Gasteiger charge is 2.29. The first-order valence-electron chi connectivity index (χ1n) is 10.4. The number of Topliss-reactive ketones (excluding diaryl/α,β-unsaturated/α-hetero) is 1. The first-order chi connectivity index (χ1) is 14.6. The fourth-order valence-corrected chi connectivity index (χ4v) is 3.53. The second kappa shape index (κ2) is 9.05. The predicted octanol–water partition coefficient (Wildman–Crippen LogP) is 5.84. The van der Waals surface area contributed by atoms with Gasteiger partial charge in [0, 0.05) is 29.7 Å². The van der Waals surface area contributed by atoms with Gasteiger partial charge in [0.25, 0.3) is 0 Å². The van der Waals surface area contributed by atoms with Crippen molar-refractivity contribution in [1.82, 2.24) is 4.98 Å². The van der Waals surface area contributed by atoms with Gasteiger partial charge in [-0.25, -0.2) is 9.37 Å². The Morgan fingerprint density at radius 1 is 1.00 bits per heavy atom. The van der Waals surface area contributed by atoms with Crippen molar-refractivity contribution < 1.29 is 9.18 Å². The summed E-state index contributed by atoms with van der Waals surface area (Å²) in [6.07, 6.45) is 5.53. The van der Waals surface area contributed by atoms with E-state index in [1.165, 1.54) is 17.7 Å². The highest BCUT2D eigenvalue weighted by Crippen LogP contribution is 2.32. The third-order valence-corrected chi connectivity index (χ3v) is 5.40. The summed E-state index contributed by atoms with van der Waals surface area (Å²) in [7, 11) is 0. The standard InChI is InChI=1S/C27H24FNO/c1-19(17-27(30)23-7-8-23)16-21-4-2-20(3-5-21)6-14-26-15-11-24(18-29-26)22-9-12-25(28)13-10-22/h2-5,9-13,15,18-19,23H,7-8,16-17H2,1H3. The molecule has 3 heteroatoms. The molecule has 3 aromatic rings. The first-order valence-corrected chi connectivity index (χ1v) is 10.4. The molecule has 0 bridgehead atoms. The van der Waals surface area contributed by atoms with Gasteiger partial charge in [-0.2, -0.15) is 0 Å². The molecule has 4 rings (SSSR count). The van der Waals surface area contributed by atoms with Crippen LogP contribution in [0.4, 0.5) is 4.39 Å². The maximum Gasteiger partial charge on any atom is 0.136 e. The maximum atomic E-state index is 13.0. The summed E-state index contributed by atoms with van der Waals surface area (Å²) in [5.74, 6) is 7.15. The third-order valence-electron chi connectivity index (χ3n) is 5.40. The molecule has 1 aliphatic carbocycles. The molecule has 1 heterocycles. The number of benzene rings is 2. The molecule has 150 valence electrons. The molecule has 1 atom stereocenters. The Labute approximate surface area is 177 Å². The molecule has 1 fully saturated rings. The van der Waals surface area contributed by atoms with Crippen LogP contribution in [0.3, 0.4) is 0 Å². The summed E-state index contributed by atoms with van der Waals surface area (Å²) in [6.45, 7) is 2.15. The number of aromatic nitrogens is 1. The number of rotatable bonds is 6. The average molecular weight is 397 g/mol. The Kier molecular flexibility index (Phi) is 6.05. The molecule has 0 spiro atoms. The average Bonchev–Trinajstić information content (AvgIpc) is 3.60. The van der Waals surface area contributed by atoms with Crippen molar-refractivity contribution >= 4 is 5.78 Å². The zero-order valence-electron chi connectivity index (χ0n) is 17.1. The molecule has 0 radical (unpaired) electrons. The number of nitrogens with zero attached hydrogens (tertiary/aromatic N) is 1. The van der Waals surface area contributed by atoms with Crippen molar-refractivity contribution in [3.8, 4) is 23.0 Å². The maximum absolute atomic E-state index is 13.0. The molecule has 2 nitrogen and oxygen atoms in total. The van der Waals surface area contributed by atoms with E-state index in [4.69, 9.17) is 0 Å². The van der Waals surface area contributed by atoms with Crippen LogP contribution in [0, 0.1) is 29.5 Å². The van der Waals surface area contributed by atoms with Crippen LogP contribution in [0.5, 0.6) is 0 Å². The minimum absolute atomic E-state index is 0.249. The van der Waals surface area contributed by atoms with Crippen LogP contribution >= 0.6 is 0 Å². The molecule has 0 saturated heterocycles. The van der Waals surface area contributed by atoms with Gasteiger partial charge in [0.2, 0.25) is 0 Å². The van der Waals surface area contributed by atoms with Crippen LogP contribution in [0.15, 0.2) is 66.9 Å². The lowest BCUT2D eigenvalue weighted by Gasteiger charge is -2.10. The van der Waals surface area contributed by atoms with E-state index in [1.807, 2.05) is 24.3 Å². The van der Waals surface area contributed by atoms with Crippen molar-refractivity contribution in [3.63, 3.8) is 0 Å². The largest absolute Gasteiger partial charge is 0.299 e. The van der Waals surface area contributed by atoms with Crippen LogP contribution < -0.4 is 0 Å². The zero-order chi connectivity index (χ0) is 20.9. The van der Waals surface area contributed by atoms with E-state index >= 15 is 0 Å². The molecular weight excluding hydrogens is 373 g/mol. The van der Waals surface area contributed by atoms with E-state index in [-0.39, 0.29) is 5.82 Å². The van der Waals surface area contributed by atoms with Gasteiger partial charge in [-0.05, 0) is 72.6 Å². The second-order valence-electron chi connectivity index (χ2n) is 8.14. The van der Waals surface area contributed by atoms with Crippen LogP contribution in [-0.4, -0.2) is 10.8 Å². The van der Waals surface area contributed by atoms with Crippen LogP contribution in [0.25, 0.3) is 11.1 Å². The lowest BCUT2D eigenvalue weighted by molar-refractivity contribution is -0.121. The van der Waals surface area contributed by atoms with Gasteiger partial charge >= 0.3 is 0 Å². The lowest BCUT2D eigenvalue weighted by Crippen LogP contribution is -2.09. The SMILES string of the molecule is CC(CC(=O)C1CC1)Cc1ccc(C#Cc2ccc(-c3ccc(F)cc3)cn2)cc1. The molecular formula is C27H24FNO. The number of pyridine rings is 1.